The molecule has 8 heteroatoms. The van der Waals surface area contributed by atoms with E-state index in [-0.39, 0.29) is 23.3 Å². The maximum atomic E-state index is 12.2. The fourth-order valence-electron chi connectivity index (χ4n) is 2.03. The standard InChI is InChI=1S/C12H17BrN2O3S.ClH/c1-18-12-7-10(4-5-11(12)13)19(16,17)15-8-9-3-2-6-14-9;/h4-5,7,9,14-15H,2-3,6,8H2,1H3;1H. The minimum absolute atomic E-state index is 0. The van der Waals surface area contributed by atoms with Crippen LogP contribution in [0, 0.1) is 0 Å². The fourth-order valence-corrected chi connectivity index (χ4v) is 3.54. The zero-order valence-corrected chi connectivity index (χ0v) is 14.3. The summed E-state index contributed by atoms with van der Waals surface area (Å²) in [6.07, 6.45) is 2.10. The predicted molar refractivity (Wildman–Crippen MR) is 84.2 cm³/mol. The fraction of sp³-hybridized carbons (Fsp3) is 0.500. The molecule has 0 bridgehead atoms. The third-order valence-corrected chi connectivity index (χ3v) is 5.19. The van der Waals surface area contributed by atoms with Crippen LogP contribution in [-0.2, 0) is 10.0 Å². The summed E-state index contributed by atoms with van der Waals surface area (Å²) in [5, 5.41) is 3.25. The molecule has 0 amide bonds. The second-order valence-electron chi connectivity index (χ2n) is 4.44. The van der Waals surface area contributed by atoms with Gasteiger partial charge in [0.15, 0.2) is 0 Å². The topological polar surface area (TPSA) is 67.4 Å². The maximum Gasteiger partial charge on any atom is 0.240 e. The highest BCUT2D eigenvalue weighted by Gasteiger charge is 2.20. The number of sulfonamides is 1. The summed E-state index contributed by atoms with van der Waals surface area (Å²) < 4.78 is 32.8. The zero-order chi connectivity index (χ0) is 13.9. The van der Waals surface area contributed by atoms with Crippen LogP contribution in [0.1, 0.15) is 12.8 Å². The molecule has 1 fully saturated rings. The summed E-state index contributed by atoms with van der Waals surface area (Å²) in [6.45, 7) is 1.37. The Bertz CT molecular complexity index is 548. The van der Waals surface area contributed by atoms with Crippen molar-refractivity contribution in [3.8, 4) is 5.75 Å². The van der Waals surface area contributed by atoms with E-state index in [1.165, 1.54) is 13.2 Å². The van der Waals surface area contributed by atoms with E-state index in [4.69, 9.17) is 4.74 Å². The summed E-state index contributed by atoms with van der Waals surface area (Å²) in [4.78, 5) is 0.213. The Morgan fingerprint density at radius 2 is 2.25 bits per heavy atom. The molecule has 1 aliphatic heterocycles. The molecule has 114 valence electrons. The number of hydrogen-bond donors (Lipinski definition) is 2. The number of benzene rings is 1. The van der Waals surface area contributed by atoms with E-state index in [9.17, 15) is 8.42 Å². The third kappa shape index (κ3) is 4.33. The summed E-state index contributed by atoms with van der Waals surface area (Å²) >= 11 is 3.30. The molecule has 20 heavy (non-hydrogen) atoms. The molecule has 0 saturated carbocycles. The van der Waals surface area contributed by atoms with Crippen molar-refractivity contribution in [2.75, 3.05) is 20.2 Å². The van der Waals surface area contributed by atoms with Gasteiger partial charge in [-0.3, -0.25) is 0 Å². The van der Waals surface area contributed by atoms with Gasteiger partial charge in [0, 0.05) is 18.7 Å². The summed E-state index contributed by atoms with van der Waals surface area (Å²) in [5.74, 6) is 0.502. The summed E-state index contributed by atoms with van der Waals surface area (Å²) in [7, 11) is -1.98. The van der Waals surface area contributed by atoms with E-state index in [1.807, 2.05) is 0 Å². The van der Waals surface area contributed by atoms with Crippen LogP contribution in [0.5, 0.6) is 5.75 Å². The van der Waals surface area contributed by atoms with Crippen LogP contribution in [0.2, 0.25) is 0 Å². The van der Waals surface area contributed by atoms with Gasteiger partial charge in [-0.05, 0) is 47.4 Å². The highest BCUT2D eigenvalue weighted by molar-refractivity contribution is 9.10. The first-order chi connectivity index (χ1) is 9.03. The lowest BCUT2D eigenvalue weighted by atomic mass is 10.2. The Morgan fingerprint density at radius 1 is 1.50 bits per heavy atom. The van der Waals surface area contributed by atoms with Gasteiger partial charge in [0.2, 0.25) is 10.0 Å². The van der Waals surface area contributed by atoms with Crippen molar-refractivity contribution in [2.45, 2.75) is 23.8 Å². The van der Waals surface area contributed by atoms with Crippen LogP contribution in [0.3, 0.4) is 0 Å². The van der Waals surface area contributed by atoms with Gasteiger partial charge < -0.3 is 10.1 Å². The van der Waals surface area contributed by atoms with E-state index in [2.05, 4.69) is 26.0 Å². The molecule has 1 atom stereocenters. The smallest absolute Gasteiger partial charge is 0.240 e. The number of halogens is 2. The van der Waals surface area contributed by atoms with Crippen molar-refractivity contribution in [3.05, 3.63) is 22.7 Å². The van der Waals surface area contributed by atoms with E-state index in [0.29, 0.717) is 12.3 Å². The van der Waals surface area contributed by atoms with Crippen LogP contribution in [0.15, 0.2) is 27.6 Å². The molecular formula is C12H18BrClN2O3S. The van der Waals surface area contributed by atoms with Crippen LogP contribution in [0.4, 0.5) is 0 Å². The molecule has 0 spiro atoms. The third-order valence-electron chi connectivity index (χ3n) is 3.12. The average molecular weight is 386 g/mol. The molecule has 1 aromatic carbocycles. The highest BCUT2D eigenvalue weighted by atomic mass is 79.9. The van der Waals surface area contributed by atoms with Gasteiger partial charge in [0.05, 0.1) is 16.5 Å². The predicted octanol–water partition coefficient (Wildman–Crippen LogP) is 1.91. The van der Waals surface area contributed by atoms with Crippen molar-refractivity contribution < 1.29 is 13.2 Å². The number of hydrogen-bond acceptors (Lipinski definition) is 4. The van der Waals surface area contributed by atoms with Gasteiger partial charge in [-0.2, -0.15) is 0 Å². The van der Waals surface area contributed by atoms with Crippen LogP contribution < -0.4 is 14.8 Å². The monoisotopic (exact) mass is 384 g/mol. The zero-order valence-electron chi connectivity index (χ0n) is 11.1. The second-order valence-corrected chi connectivity index (χ2v) is 7.06. The first-order valence-corrected chi connectivity index (χ1v) is 8.37. The normalized spacial score (nSPS) is 18.6. The molecular weight excluding hydrogens is 368 g/mol. The Kier molecular flexibility index (Phi) is 6.74. The van der Waals surface area contributed by atoms with E-state index in [0.717, 1.165) is 23.9 Å². The van der Waals surface area contributed by atoms with Gasteiger partial charge in [-0.25, -0.2) is 13.1 Å². The Morgan fingerprint density at radius 3 is 2.85 bits per heavy atom. The number of ether oxygens (including phenoxy) is 1. The first-order valence-electron chi connectivity index (χ1n) is 6.09. The maximum absolute atomic E-state index is 12.2. The molecule has 0 radical (unpaired) electrons. The second kappa shape index (κ2) is 7.61. The van der Waals surface area contributed by atoms with Gasteiger partial charge >= 0.3 is 0 Å². The molecule has 0 aromatic heterocycles. The number of methoxy groups -OCH3 is 1. The quantitative estimate of drug-likeness (QED) is 0.812. The Hall–Kier alpha value is -0.340. The van der Waals surface area contributed by atoms with Crippen molar-refractivity contribution in [3.63, 3.8) is 0 Å². The van der Waals surface area contributed by atoms with E-state index in [1.54, 1.807) is 12.1 Å². The van der Waals surface area contributed by atoms with Crippen molar-refractivity contribution >= 4 is 38.4 Å². The highest BCUT2D eigenvalue weighted by Crippen LogP contribution is 2.27. The summed E-state index contributed by atoms with van der Waals surface area (Å²) in [5.41, 5.74) is 0. The Labute approximate surface area is 134 Å². The largest absolute Gasteiger partial charge is 0.496 e. The van der Waals surface area contributed by atoms with E-state index < -0.39 is 10.0 Å². The molecule has 1 aliphatic rings. The summed E-state index contributed by atoms with van der Waals surface area (Å²) in [6, 6.07) is 4.96. The lowest BCUT2D eigenvalue weighted by molar-refractivity contribution is 0.410. The number of nitrogens with one attached hydrogen (secondary N) is 2. The molecule has 2 N–H and O–H groups in total. The average Bonchev–Trinajstić information content (AvgIpc) is 2.90. The lowest BCUT2D eigenvalue weighted by Crippen LogP contribution is -2.37. The van der Waals surface area contributed by atoms with Gasteiger partial charge in [0.25, 0.3) is 0 Å². The van der Waals surface area contributed by atoms with Gasteiger partial charge in [-0.15, -0.1) is 12.4 Å². The molecule has 2 rings (SSSR count). The van der Waals surface area contributed by atoms with Gasteiger partial charge in [0.1, 0.15) is 5.75 Å². The molecule has 1 unspecified atom stereocenters. The molecule has 1 saturated heterocycles. The lowest BCUT2D eigenvalue weighted by Gasteiger charge is -2.13. The van der Waals surface area contributed by atoms with Gasteiger partial charge in [-0.1, -0.05) is 0 Å². The van der Waals surface area contributed by atoms with Crippen molar-refractivity contribution in [2.24, 2.45) is 0 Å². The molecule has 5 nitrogen and oxygen atoms in total. The molecule has 0 aliphatic carbocycles. The Balaban J connectivity index is 0.00000200. The van der Waals surface area contributed by atoms with Crippen LogP contribution in [-0.4, -0.2) is 34.7 Å². The minimum atomic E-state index is -3.49. The minimum Gasteiger partial charge on any atom is -0.496 e. The van der Waals surface area contributed by atoms with E-state index >= 15 is 0 Å². The first kappa shape index (κ1) is 17.7. The van der Waals surface area contributed by atoms with Crippen molar-refractivity contribution in [1.29, 1.82) is 0 Å². The van der Waals surface area contributed by atoms with Crippen LogP contribution >= 0.6 is 28.3 Å². The SMILES string of the molecule is COc1cc(S(=O)(=O)NCC2CCCN2)ccc1Br.Cl. The molecule has 1 aromatic rings. The number of rotatable bonds is 5. The van der Waals surface area contributed by atoms with Crippen molar-refractivity contribution in [1.82, 2.24) is 10.0 Å². The van der Waals surface area contributed by atoms with Crippen LogP contribution in [0.25, 0.3) is 0 Å². The molecule has 1 heterocycles.